The lowest BCUT2D eigenvalue weighted by molar-refractivity contribution is 0.291. The third kappa shape index (κ3) is 4.02. The zero-order valence-electron chi connectivity index (χ0n) is 9.95. The fourth-order valence-corrected chi connectivity index (χ4v) is 2.17. The first-order chi connectivity index (χ1) is 9.06. The Bertz CT molecular complexity index is 557. The van der Waals surface area contributed by atoms with E-state index >= 15 is 0 Å². The molecule has 2 aromatic carbocycles. The van der Waals surface area contributed by atoms with Gasteiger partial charge in [-0.05, 0) is 48.0 Å². The average Bonchev–Trinajstić information content (AvgIpc) is 2.40. The summed E-state index contributed by atoms with van der Waals surface area (Å²) in [5.74, 6) is 0.706. The van der Waals surface area contributed by atoms with E-state index in [9.17, 15) is 0 Å². The number of benzene rings is 2. The number of rotatable bonds is 4. The molecule has 0 saturated carbocycles. The van der Waals surface area contributed by atoms with Crippen molar-refractivity contribution >= 4 is 34.8 Å². The molecule has 0 bridgehead atoms. The number of ether oxygens (including phenoxy) is 1. The van der Waals surface area contributed by atoms with Crippen LogP contribution in [0, 0.1) is 0 Å². The van der Waals surface area contributed by atoms with Crippen molar-refractivity contribution in [2.75, 3.05) is 6.61 Å². The standard InChI is InChI=1S/C14H12Cl3NO/c15-9-1-4-11(5-2-9)19-8-14(18)12-7-10(16)3-6-13(12)17/h1-7,14H,8,18H2. The van der Waals surface area contributed by atoms with Crippen LogP contribution in [0.25, 0.3) is 0 Å². The van der Waals surface area contributed by atoms with Gasteiger partial charge in [0.2, 0.25) is 0 Å². The molecule has 1 atom stereocenters. The molecule has 5 heteroatoms. The van der Waals surface area contributed by atoms with Crippen molar-refractivity contribution in [3.05, 3.63) is 63.1 Å². The maximum atomic E-state index is 6.08. The largest absolute Gasteiger partial charge is 0.492 e. The summed E-state index contributed by atoms with van der Waals surface area (Å²) in [4.78, 5) is 0. The summed E-state index contributed by atoms with van der Waals surface area (Å²) in [5.41, 5.74) is 6.82. The van der Waals surface area contributed by atoms with E-state index in [4.69, 9.17) is 45.3 Å². The van der Waals surface area contributed by atoms with Gasteiger partial charge in [0.1, 0.15) is 12.4 Å². The molecule has 0 spiro atoms. The lowest BCUT2D eigenvalue weighted by Crippen LogP contribution is -2.19. The minimum atomic E-state index is -0.345. The van der Waals surface area contributed by atoms with E-state index in [-0.39, 0.29) is 6.04 Å². The maximum absolute atomic E-state index is 6.08. The van der Waals surface area contributed by atoms with E-state index in [1.54, 1.807) is 42.5 Å². The molecular formula is C14H12Cl3NO. The predicted molar refractivity (Wildman–Crippen MR) is 80.3 cm³/mol. The SMILES string of the molecule is NC(COc1ccc(Cl)cc1)c1cc(Cl)ccc1Cl. The molecule has 0 aliphatic heterocycles. The highest BCUT2D eigenvalue weighted by atomic mass is 35.5. The second kappa shape index (κ2) is 6.49. The molecule has 0 aliphatic carbocycles. The first-order valence-corrected chi connectivity index (χ1v) is 6.78. The number of hydrogen-bond donors (Lipinski definition) is 1. The molecule has 100 valence electrons. The Morgan fingerprint density at radius 2 is 1.58 bits per heavy atom. The fraction of sp³-hybridized carbons (Fsp3) is 0.143. The Morgan fingerprint density at radius 3 is 2.26 bits per heavy atom. The van der Waals surface area contributed by atoms with Crippen molar-refractivity contribution in [3.8, 4) is 5.75 Å². The van der Waals surface area contributed by atoms with Crippen LogP contribution in [0.2, 0.25) is 15.1 Å². The molecule has 0 aromatic heterocycles. The van der Waals surface area contributed by atoms with E-state index in [1.807, 2.05) is 0 Å². The summed E-state index contributed by atoms with van der Waals surface area (Å²) in [5, 5.41) is 1.84. The third-order valence-electron chi connectivity index (χ3n) is 2.60. The Morgan fingerprint density at radius 1 is 0.947 bits per heavy atom. The van der Waals surface area contributed by atoms with Gasteiger partial charge in [0.25, 0.3) is 0 Å². The van der Waals surface area contributed by atoms with Gasteiger partial charge in [-0.1, -0.05) is 34.8 Å². The van der Waals surface area contributed by atoms with Crippen LogP contribution in [0.4, 0.5) is 0 Å². The van der Waals surface area contributed by atoms with Crippen LogP contribution < -0.4 is 10.5 Å². The van der Waals surface area contributed by atoms with Gasteiger partial charge < -0.3 is 10.5 Å². The van der Waals surface area contributed by atoms with Crippen LogP contribution in [0.15, 0.2) is 42.5 Å². The molecule has 2 aromatic rings. The van der Waals surface area contributed by atoms with Crippen molar-refractivity contribution in [1.82, 2.24) is 0 Å². The van der Waals surface area contributed by atoms with Crippen molar-refractivity contribution in [2.24, 2.45) is 5.73 Å². The summed E-state index contributed by atoms with van der Waals surface area (Å²) in [6.45, 7) is 0.307. The highest BCUT2D eigenvalue weighted by Gasteiger charge is 2.11. The van der Waals surface area contributed by atoms with Crippen LogP contribution in [0.1, 0.15) is 11.6 Å². The van der Waals surface area contributed by atoms with Crippen LogP contribution in [0.3, 0.4) is 0 Å². The molecule has 0 aliphatic rings. The average molecular weight is 317 g/mol. The van der Waals surface area contributed by atoms with Gasteiger partial charge in [-0.25, -0.2) is 0 Å². The van der Waals surface area contributed by atoms with Crippen molar-refractivity contribution in [3.63, 3.8) is 0 Å². The molecule has 0 heterocycles. The van der Waals surface area contributed by atoms with Crippen LogP contribution >= 0.6 is 34.8 Å². The summed E-state index contributed by atoms with van der Waals surface area (Å²) in [6.07, 6.45) is 0. The molecule has 0 saturated heterocycles. The van der Waals surface area contributed by atoms with Gasteiger partial charge in [0.15, 0.2) is 0 Å². The van der Waals surface area contributed by atoms with E-state index < -0.39 is 0 Å². The fourth-order valence-electron chi connectivity index (χ4n) is 1.61. The van der Waals surface area contributed by atoms with Gasteiger partial charge in [-0.15, -0.1) is 0 Å². The van der Waals surface area contributed by atoms with Crippen molar-refractivity contribution in [1.29, 1.82) is 0 Å². The highest BCUT2D eigenvalue weighted by molar-refractivity contribution is 6.33. The summed E-state index contributed by atoms with van der Waals surface area (Å²) in [6, 6.07) is 11.9. The maximum Gasteiger partial charge on any atom is 0.119 e. The molecule has 2 N–H and O–H groups in total. The van der Waals surface area contributed by atoms with E-state index in [1.165, 1.54) is 0 Å². The quantitative estimate of drug-likeness (QED) is 0.885. The first-order valence-electron chi connectivity index (χ1n) is 5.65. The molecule has 0 radical (unpaired) electrons. The van der Waals surface area contributed by atoms with E-state index in [2.05, 4.69) is 0 Å². The second-order valence-electron chi connectivity index (χ2n) is 4.04. The van der Waals surface area contributed by atoms with Gasteiger partial charge in [-0.3, -0.25) is 0 Å². The molecule has 19 heavy (non-hydrogen) atoms. The molecular weight excluding hydrogens is 305 g/mol. The highest BCUT2D eigenvalue weighted by Crippen LogP contribution is 2.26. The zero-order valence-corrected chi connectivity index (χ0v) is 12.2. The zero-order chi connectivity index (χ0) is 13.8. The van der Waals surface area contributed by atoms with Crippen LogP contribution in [-0.4, -0.2) is 6.61 Å². The molecule has 0 amide bonds. The smallest absolute Gasteiger partial charge is 0.119 e. The second-order valence-corrected chi connectivity index (χ2v) is 5.32. The molecule has 2 rings (SSSR count). The number of hydrogen-bond acceptors (Lipinski definition) is 2. The van der Waals surface area contributed by atoms with Crippen LogP contribution in [0.5, 0.6) is 5.75 Å². The molecule has 2 nitrogen and oxygen atoms in total. The first kappa shape index (κ1) is 14.5. The Kier molecular flexibility index (Phi) is 4.94. The minimum Gasteiger partial charge on any atom is -0.492 e. The summed E-state index contributed by atoms with van der Waals surface area (Å²) < 4.78 is 5.59. The minimum absolute atomic E-state index is 0.307. The Labute approximate surface area is 127 Å². The van der Waals surface area contributed by atoms with Crippen LogP contribution in [-0.2, 0) is 0 Å². The van der Waals surface area contributed by atoms with E-state index in [0.717, 1.165) is 5.56 Å². The number of nitrogens with two attached hydrogens (primary N) is 1. The van der Waals surface area contributed by atoms with E-state index in [0.29, 0.717) is 27.4 Å². The number of halogens is 3. The van der Waals surface area contributed by atoms with Gasteiger partial charge in [0.05, 0.1) is 6.04 Å². The van der Waals surface area contributed by atoms with Crippen molar-refractivity contribution in [2.45, 2.75) is 6.04 Å². The lowest BCUT2D eigenvalue weighted by Gasteiger charge is -2.15. The molecule has 1 unspecified atom stereocenters. The van der Waals surface area contributed by atoms with Crippen molar-refractivity contribution < 1.29 is 4.74 Å². The normalized spacial score (nSPS) is 12.2. The Hall–Kier alpha value is -0.930. The lowest BCUT2D eigenvalue weighted by atomic mass is 10.1. The van der Waals surface area contributed by atoms with Gasteiger partial charge in [-0.2, -0.15) is 0 Å². The molecule has 0 fully saturated rings. The third-order valence-corrected chi connectivity index (χ3v) is 3.43. The Balaban J connectivity index is 2.03. The van der Waals surface area contributed by atoms with Gasteiger partial charge >= 0.3 is 0 Å². The summed E-state index contributed by atoms with van der Waals surface area (Å²) >= 11 is 17.8. The summed E-state index contributed by atoms with van der Waals surface area (Å²) in [7, 11) is 0. The monoisotopic (exact) mass is 315 g/mol. The van der Waals surface area contributed by atoms with Gasteiger partial charge in [0, 0.05) is 15.1 Å². The predicted octanol–water partition coefficient (Wildman–Crippen LogP) is 4.73. The topological polar surface area (TPSA) is 35.2 Å².